The highest BCUT2D eigenvalue weighted by Crippen LogP contribution is 2.26. The molecule has 21 heavy (non-hydrogen) atoms. The first kappa shape index (κ1) is 14.5. The van der Waals surface area contributed by atoms with Gasteiger partial charge in [0.1, 0.15) is 10.6 Å². The van der Waals surface area contributed by atoms with Crippen LogP contribution in [0, 0.1) is 0 Å². The highest BCUT2D eigenvalue weighted by Gasteiger charge is 2.17. The number of nitrogens with one attached hydrogen (secondary N) is 2. The third kappa shape index (κ3) is 3.25. The van der Waals surface area contributed by atoms with E-state index >= 15 is 0 Å². The first-order valence-electron chi connectivity index (χ1n) is 7.47. The van der Waals surface area contributed by atoms with Crippen LogP contribution in [0.15, 0.2) is 11.4 Å². The summed E-state index contributed by atoms with van der Waals surface area (Å²) in [7, 11) is 0. The van der Waals surface area contributed by atoms with Crippen LogP contribution in [0.2, 0.25) is 0 Å². The largest absolute Gasteiger partial charge is 0.368 e. The minimum absolute atomic E-state index is 0.457. The predicted molar refractivity (Wildman–Crippen MR) is 88.6 cm³/mol. The van der Waals surface area contributed by atoms with Gasteiger partial charge in [0.05, 0.1) is 5.39 Å². The molecule has 0 amide bonds. The number of anilines is 2. The number of piperidine rings is 1. The Labute approximate surface area is 128 Å². The Morgan fingerprint density at radius 1 is 1.33 bits per heavy atom. The molecule has 1 aliphatic rings. The molecule has 1 unspecified atom stereocenters. The van der Waals surface area contributed by atoms with Gasteiger partial charge in [-0.05, 0) is 44.3 Å². The van der Waals surface area contributed by atoms with Gasteiger partial charge in [0.25, 0.3) is 0 Å². The molecule has 2 aromatic rings. The summed E-state index contributed by atoms with van der Waals surface area (Å²) in [6, 6.07) is 2.55. The number of thiophene rings is 1. The average molecular weight is 306 g/mol. The van der Waals surface area contributed by atoms with Crippen molar-refractivity contribution < 1.29 is 0 Å². The molecule has 0 aliphatic carbocycles. The van der Waals surface area contributed by atoms with E-state index in [1.807, 2.05) is 11.4 Å². The second-order valence-corrected chi connectivity index (χ2v) is 6.40. The number of aromatic nitrogens is 2. The molecule has 114 valence electrons. The monoisotopic (exact) mass is 306 g/mol. The van der Waals surface area contributed by atoms with Crippen molar-refractivity contribution in [2.24, 2.45) is 5.84 Å². The van der Waals surface area contributed by atoms with Crippen molar-refractivity contribution in [1.29, 1.82) is 0 Å². The standard InChI is InChI=1S/C14H22N6S/c1-10(20-6-3-2-4-7-20)9-16-12-11-5-8-21-13(11)18-14(17-12)19-15/h5,8,10H,2-4,6-7,9,15H2,1H3,(H2,16,17,18,19). The molecule has 0 aromatic carbocycles. The van der Waals surface area contributed by atoms with Gasteiger partial charge in [-0.2, -0.15) is 4.98 Å². The van der Waals surface area contributed by atoms with Gasteiger partial charge in [0.2, 0.25) is 5.95 Å². The van der Waals surface area contributed by atoms with E-state index in [9.17, 15) is 0 Å². The molecule has 4 N–H and O–H groups in total. The maximum Gasteiger partial charge on any atom is 0.240 e. The van der Waals surface area contributed by atoms with Crippen LogP contribution < -0.4 is 16.6 Å². The molecule has 3 rings (SSSR count). The molecule has 2 aromatic heterocycles. The van der Waals surface area contributed by atoms with Gasteiger partial charge in [0, 0.05) is 12.6 Å². The summed E-state index contributed by atoms with van der Waals surface area (Å²) in [6.07, 6.45) is 3.99. The molecule has 0 spiro atoms. The fraction of sp³-hybridized carbons (Fsp3) is 0.571. The van der Waals surface area contributed by atoms with Gasteiger partial charge >= 0.3 is 0 Å². The van der Waals surface area contributed by atoms with Crippen molar-refractivity contribution >= 4 is 33.3 Å². The van der Waals surface area contributed by atoms with E-state index < -0.39 is 0 Å². The molecular weight excluding hydrogens is 284 g/mol. The number of nitrogens with zero attached hydrogens (tertiary/aromatic N) is 3. The Balaban J connectivity index is 1.70. The Morgan fingerprint density at radius 2 is 2.14 bits per heavy atom. The minimum Gasteiger partial charge on any atom is -0.368 e. The molecule has 3 heterocycles. The summed E-state index contributed by atoms with van der Waals surface area (Å²) in [5, 5.41) is 6.55. The van der Waals surface area contributed by atoms with Crippen LogP contribution in [0.3, 0.4) is 0 Å². The smallest absolute Gasteiger partial charge is 0.240 e. The van der Waals surface area contributed by atoms with Crippen LogP contribution in [-0.4, -0.2) is 40.5 Å². The molecule has 1 fully saturated rings. The molecule has 1 atom stereocenters. The second kappa shape index (κ2) is 6.55. The zero-order chi connectivity index (χ0) is 14.7. The Hall–Kier alpha value is -1.44. The first-order chi connectivity index (χ1) is 10.3. The molecular formula is C14H22N6S. The lowest BCUT2D eigenvalue weighted by atomic mass is 10.1. The number of nitrogens with two attached hydrogens (primary N) is 1. The van der Waals surface area contributed by atoms with Gasteiger partial charge < -0.3 is 5.32 Å². The third-order valence-electron chi connectivity index (χ3n) is 4.03. The number of hydrogen-bond acceptors (Lipinski definition) is 7. The summed E-state index contributed by atoms with van der Waals surface area (Å²) in [5.41, 5.74) is 2.53. The van der Waals surface area contributed by atoms with E-state index in [1.165, 1.54) is 32.4 Å². The zero-order valence-electron chi connectivity index (χ0n) is 12.3. The van der Waals surface area contributed by atoms with E-state index in [4.69, 9.17) is 5.84 Å². The van der Waals surface area contributed by atoms with E-state index in [0.29, 0.717) is 12.0 Å². The molecule has 1 saturated heterocycles. The normalized spacial score (nSPS) is 17.8. The Kier molecular flexibility index (Phi) is 4.52. The van der Waals surface area contributed by atoms with Gasteiger partial charge in [-0.25, -0.2) is 10.8 Å². The molecule has 0 bridgehead atoms. The van der Waals surface area contributed by atoms with Crippen LogP contribution in [0.25, 0.3) is 10.2 Å². The van der Waals surface area contributed by atoms with Crippen LogP contribution >= 0.6 is 11.3 Å². The van der Waals surface area contributed by atoms with E-state index in [-0.39, 0.29) is 0 Å². The molecule has 6 nitrogen and oxygen atoms in total. The van der Waals surface area contributed by atoms with Crippen molar-refractivity contribution in [2.45, 2.75) is 32.2 Å². The summed E-state index contributed by atoms with van der Waals surface area (Å²) >= 11 is 1.60. The maximum absolute atomic E-state index is 5.44. The van der Waals surface area contributed by atoms with Crippen LogP contribution in [0.4, 0.5) is 11.8 Å². The lowest BCUT2D eigenvalue weighted by Gasteiger charge is -2.32. The van der Waals surface area contributed by atoms with Crippen molar-refractivity contribution in [3.05, 3.63) is 11.4 Å². The highest BCUT2D eigenvalue weighted by molar-refractivity contribution is 7.16. The van der Waals surface area contributed by atoms with Gasteiger partial charge in [-0.3, -0.25) is 10.3 Å². The summed E-state index contributed by atoms with van der Waals surface area (Å²) < 4.78 is 0. The van der Waals surface area contributed by atoms with Gasteiger partial charge in [-0.15, -0.1) is 11.3 Å². The molecule has 0 radical (unpaired) electrons. The third-order valence-corrected chi connectivity index (χ3v) is 4.84. The van der Waals surface area contributed by atoms with Crippen molar-refractivity contribution in [2.75, 3.05) is 30.4 Å². The number of likely N-dealkylation sites (tertiary alicyclic amines) is 1. The lowest BCUT2D eigenvalue weighted by molar-refractivity contribution is 0.180. The average Bonchev–Trinajstić information content (AvgIpc) is 3.01. The van der Waals surface area contributed by atoms with Crippen molar-refractivity contribution in [3.63, 3.8) is 0 Å². The predicted octanol–water partition coefficient (Wildman–Crippen LogP) is 2.26. The quantitative estimate of drug-likeness (QED) is 0.581. The number of rotatable bonds is 5. The Bertz CT molecular complexity index is 592. The topological polar surface area (TPSA) is 79.1 Å². The summed E-state index contributed by atoms with van der Waals surface area (Å²) in [6.45, 7) is 5.56. The van der Waals surface area contributed by atoms with Crippen molar-refractivity contribution in [3.8, 4) is 0 Å². The SMILES string of the molecule is CC(CNc1nc(NN)nc2sccc12)N1CCCCC1. The summed E-state index contributed by atoms with van der Waals surface area (Å²) in [5.74, 6) is 6.76. The van der Waals surface area contributed by atoms with E-state index in [2.05, 4.69) is 32.5 Å². The van der Waals surface area contributed by atoms with Crippen molar-refractivity contribution in [1.82, 2.24) is 14.9 Å². The fourth-order valence-corrected chi connectivity index (χ4v) is 3.55. The fourth-order valence-electron chi connectivity index (χ4n) is 2.79. The van der Waals surface area contributed by atoms with E-state index in [1.54, 1.807) is 11.3 Å². The van der Waals surface area contributed by atoms with E-state index in [0.717, 1.165) is 22.6 Å². The second-order valence-electron chi connectivity index (χ2n) is 5.51. The number of nitrogen functional groups attached to an aromatic ring is 1. The van der Waals surface area contributed by atoms with Crippen LogP contribution in [0.5, 0.6) is 0 Å². The first-order valence-corrected chi connectivity index (χ1v) is 8.35. The number of fused-ring (bicyclic) bond motifs is 1. The lowest BCUT2D eigenvalue weighted by Crippen LogP contribution is -2.41. The van der Waals surface area contributed by atoms with Crippen LogP contribution in [-0.2, 0) is 0 Å². The number of hydrazine groups is 1. The highest BCUT2D eigenvalue weighted by atomic mass is 32.1. The van der Waals surface area contributed by atoms with Gasteiger partial charge in [-0.1, -0.05) is 6.42 Å². The molecule has 7 heteroatoms. The van der Waals surface area contributed by atoms with Gasteiger partial charge in [0.15, 0.2) is 0 Å². The zero-order valence-corrected chi connectivity index (χ0v) is 13.1. The van der Waals surface area contributed by atoms with Crippen LogP contribution in [0.1, 0.15) is 26.2 Å². The number of hydrogen-bond donors (Lipinski definition) is 3. The minimum atomic E-state index is 0.457. The maximum atomic E-state index is 5.44. The Morgan fingerprint density at radius 3 is 2.90 bits per heavy atom. The summed E-state index contributed by atoms with van der Waals surface area (Å²) in [4.78, 5) is 12.3. The molecule has 0 saturated carbocycles. The molecule has 1 aliphatic heterocycles.